The van der Waals surface area contributed by atoms with E-state index in [1.807, 2.05) is 0 Å². The molecule has 0 bridgehead atoms. The van der Waals surface area contributed by atoms with Crippen molar-refractivity contribution >= 4 is 11.9 Å². The number of hydrogen-bond acceptors (Lipinski definition) is 10. The van der Waals surface area contributed by atoms with E-state index in [2.05, 4.69) is 0 Å². The number of carboxylic acid groups (broad SMARTS) is 2. The fourth-order valence-corrected chi connectivity index (χ4v) is 4.06. The molecule has 0 aliphatic heterocycles. The van der Waals surface area contributed by atoms with Gasteiger partial charge in [0.1, 0.15) is 0 Å². The maximum atomic E-state index is 11.6. The minimum atomic E-state index is -1.01. The van der Waals surface area contributed by atoms with Crippen LogP contribution in [0.25, 0.3) is 0 Å². The van der Waals surface area contributed by atoms with E-state index in [1.54, 1.807) is 34.1 Å². The van der Waals surface area contributed by atoms with Crippen LogP contribution in [0.2, 0.25) is 0 Å². The van der Waals surface area contributed by atoms with Gasteiger partial charge in [-0.2, -0.15) is 0 Å². The summed E-state index contributed by atoms with van der Waals surface area (Å²) >= 11 is 0. The van der Waals surface area contributed by atoms with E-state index in [0.717, 1.165) is 11.1 Å². The quantitative estimate of drug-likeness (QED) is 0.307. The Morgan fingerprint density at radius 3 is 1.08 bits per heavy atom. The van der Waals surface area contributed by atoms with E-state index in [-0.39, 0.29) is 39.3 Å². The molecule has 12 heteroatoms. The highest BCUT2D eigenvalue weighted by Crippen LogP contribution is 2.39. The van der Waals surface area contributed by atoms with E-state index in [1.165, 1.54) is 42.7 Å². The van der Waals surface area contributed by atoms with Crippen molar-refractivity contribution in [3.05, 3.63) is 35.4 Å². The molecule has 0 saturated carbocycles. The van der Waals surface area contributed by atoms with Crippen LogP contribution in [0, 0.1) is 0 Å². The lowest BCUT2D eigenvalue weighted by molar-refractivity contribution is -0.140. The summed E-state index contributed by atoms with van der Waals surface area (Å²) in [6.07, 6.45) is 0. The summed E-state index contributed by atoms with van der Waals surface area (Å²) in [5.41, 5.74) is 1.49. The van der Waals surface area contributed by atoms with Gasteiger partial charge < -0.3 is 38.6 Å². The largest absolute Gasteiger partial charge is 0.493 e. The molecule has 0 spiro atoms. The van der Waals surface area contributed by atoms with Crippen molar-refractivity contribution in [3.8, 4) is 34.5 Å². The van der Waals surface area contributed by atoms with Gasteiger partial charge in [-0.15, -0.1) is 0 Å². The molecule has 0 amide bonds. The minimum absolute atomic E-state index is 0.248. The third-order valence-corrected chi connectivity index (χ3v) is 5.71. The molecule has 0 radical (unpaired) electrons. The van der Waals surface area contributed by atoms with Crippen molar-refractivity contribution in [3.63, 3.8) is 0 Å². The van der Waals surface area contributed by atoms with Gasteiger partial charge in [0.05, 0.1) is 55.7 Å². The second kappa shape index (κ2) is 14.7. The summed E-state index contributed by atoms with van der Waals surface area (Å²) in [7, 11) is 9.02. The molecule has 2 N–H and O–H groups in total. The molecule has 0 aromatic heterocycles. The van der Waals surface area contributed by atoms with E-state index in [0.29, 0.717) is 34.5 Å². The van der Waals surface area contributed by atoms with Gasteiger partial charge in [-0.3, -0.25) is 19.4 Å². The van der Waals surface area contributed by atoms with E-state index in [9.17, 15) is 19.8 Å². The van der Waals surface area contributed by atoms with Crippen LogP contribution in [-0.4, -0.2) is 101 Å². The SMILES string of the molecule is COc1cc(CN(CCN(CC(=O)O)Cc2cc(OC)c(OC)c(OC)c2)CC(=O)O)cc(OC)c1OC. The van der Waals surface area contributed by atoms with Crippen LogP contribution in [0.1, 0.15) is 11.1 Å². The highest BCUT2D eigenvalue weighted by molar-refractivity contribution is 5.69. The van der Waals surface area contributed by atoms with Gasteiger partial charge in [0.15, 0.2) is 23.0 Å². The van der Waals surface area contributed by atoms with E-state index >= 15 is 0 Å². The molecule has 2 rings (SSSR count). The number of methoxy groups -OCH3 is 6. The third kappa shape index (κ3) is 8.32. The molecular formula is C26H36N2O10. The number of hydrogen-bond donors (Lipinski definition) is 2. The minimum Gasteiger partial charge on any atom is -0.493 e. The van der Waals surface area contributed by atoms with E-state index < -0.39 is 11.9 Å². The number of ether oxygens (including phenoxy) is 6. The lowest BCUT2D eigenvalue weighted by Crippen LogP contribution is -2.39. The van der Waals surface area contributed by atoms with Crippen LogP contribution in [0.4, 0.5) is 0 Å². The molecule has 0 saturated heterocycles. The van der Waals surface area contributed by atoms with Crippen molar-refractivity contribution in [1.82, 2.24) is 9.80 Å². The fraction of sp³-hybridized carbons (Fsp3) is 0.462. The first kappa shape index (κ1) is 30.3. The van der Waals surface area contributed by atoms with Crippen LogP contribution in [0.5, 0.6) is 34.5 Å². The summed E-state index contributed by atoms with van der Waals surface area (Å²) in [5, 5.41) is 19.0. The molecule has 0 heterocycles. The molecule has 0 unspecified atom stereocenters. The van der Waals surface area contributed by atoms with Crippen molar-refractivity contribution in [1.29, 1.82) is 0 Å². The maximum Gasteiger partial charge on any atom is 0.317 e. The number of aliphatic carboxylic acids is 2. The summed E-state index contributed by atoms with van der Waals surface area (Å²) < 4.78 is 32.3. The van der Waals surface area contributed by atoms with Gasteiger partial charge in [0.25, 0.3) is 0 Å². The first-order valence-electron chi connectivity index (χ1n) is 11.7. The lowest BCUT2D eigenvalue weighted by Gasteiger charge is -2.27. The third-order valence-electron chi connectivity index (χ3n) is 5.71. The average Bonchev–Trinajstić information content (AvgIpc) is 2.89. The first-order valence-corrected chi connectivity index (χ1v) is 11.7. The second-order valence-electron chi connectivity index (χ2n) is 8.28. The van der Waals surface area contributed by atoms with Crippen molar-refractivity contribution in [2.45, 2.75) is 13.1 Å². The Kier molecular flexibility index (Phi) is 11.8. The van der Waals surface area contributed by atoms with Gasteiger partial charge in [-0.25, -0.2) is 0 Å². The molecule has 0 aliphatic rings. The Morgan fingerprint density at radius 2 is 0.868 bits per heavy atom. The zero-order valence-electron chi connectivity index (χ0n) is 22.6. The zero-order chi connectivity index (χ0) is 28.2. The fourth-order valence-electron chi connectivity index (χ4n) is 4.06. The van der Waals surface area contributed by atoms with Crippen LogP contribution < -0.4 is 28.4 Å². The Labute approximate surface area is 222 Å². The lowest BCUT2D eigenvalue weighted by atomic mass is 10.1. The number of carbonyl (C=O) groups is 2. The average molecular weight is 537 g/mol. The van der Waals surface area contributed by atoms with Crippen LogP contribution in [0.3, 0.4) is 0 Å². The number of benzene rings is 2. The molecule has 0 atom stereocenters. The van der Waals surface area contributed by atoms with Crippen LogP contribution in [-0.2, 0) is 22.7 Å². The summed E-state index contributed by atoms with van der Waals surface area (Å²) in [6, 6.07) is 7.00. The predicted octanol–water partition coefficient (Wildman–Crippen LogP) is 2.21. The normalized spacial score (nSPS) is 10.8. The summed E-state index contributed by atoms with van der Waals surface area (Å²) in [4.78, 5) is 26.6. The molecule has 12 nitrogen and oxygen atoms in total. The van der Waals surface area contributed by atoms with Gasteiger partial charge in [0.2, 0.25) is 11.5 Å². The van der Waals surface area contributed by atoms with Crippen molar-refractivity contribution in [2.24, 2.45) is 0 Å². The first-order chi connectivity index (χ1) is 18.2. The standard InChI is InChI=1S/C26H36N2O10/c1-33-19-9-17(10-20(34-2)25(19)37-5)13-27(15-23(29)30)7-8-28(16-24(31)32)14-18-11-21(35-3)26(38-6)22(12-18)36-4/h9-12H,7-8,13-16H2,1-6H3,(H,29,30)(H,31,32). The van der Waals surface area contributed by atoms with Gasteiger partial charge in [0, 0.05) is 26.2 Å². The Morgan fingerprint density at radius 1 is 0.579 bits per heavy atom. The highest BCUT2D eigenvalue weighted by Gasteiger charge is 2.20. The molecular weight excluding hydrogens is 500 g/mol. The monoisotopic (exact) mass is 536 g/mol. The van der Waals surface area contributed by atoms with Crippen LogP contribution >= 0.6 is 0 Å². The molecule has 2 aromatic carbocycles. The van der Waals surface area contributed by atoms with E-state index in [4.69, 9.17) is 28.4 Å². The van der Waals surface area contributed by atoms with Crippen molar-refractivity contribution < 1.29 is 48.2 Å². The summed E-state index contributed by atoms with van der Waals surface area (Å²) in [6.45, 7) is 0.576. The number of nitrogens with zero attached hydrogens (tertiary/aromatic N) is 2. The molecule has 0 aliphatic carbocycles. The van der Waals surface area contributed by atoms with Crippen molar-refractivity contribution in [2.75, 3.05) is 68.8 Å². The summed E-state index contributed by atoms with van der Waals surface area (Å²) in [5.74, 6) is 0.653. The smallest absolute Gasteiger partial charge is 0.317 e. The Balaban J connectivity index is 2.27. The number of carboxylic acids is 2. The molecule has 210 valence electrons. The van der Waals surface area contributed by atoms with Gasteiger partial charge >= 0.3 is 11.9 Å². The Bertz CT molecular complexity index is 956. The van der Waals surface area contributed by atoms with Crippen LogP contribution in [0.15, 0.2) is 24.3 Å². The predicted molar refractivity (Wildman–Crippen MR) is 138 cm³/mol. The second-order valence-corrected chi connectivity index (χ2v) is 8.28. The zero-order valence-corrected chi connectivity index (χ0v) is 22.6. The topological polar surface area (TPSA) is 136 Å². The molecule has 0 fully saturated rings. The maximum absolute atomic E-state index is 11.6. The number of rotatable bonds is 17. The highest BCUT2D eigenvalue weighted by atomic mass is 16.5. The molecule has 38 heavy (non-hydrogen) atoms. The van der Waals surface area contributed by atoms with Gasteiger partial charge in [-0.1, -0.05) is 0 Å². The molecule has 2 aromatic rings. The Hall–Kier alpha value is -3.90. The van der Waals surface area contributed by atoms with Gasteiger partial charge in [-0.05, 0) is 35.4 Å².